The van der Waals surface area contributed by atoms with Crippen LogP contribution in [-0.2, 0) is 16.1 Å². The Labute approximate surface area is 228 Å². The maximum Gasteiger partial charge on any atom is 0.266 e. The Balaban J connectivity index is 1.38. The summed E-state index contributed by atoms with van der Waals surface area (Å²) < 4.78 is 6.81. The molecule has 1 aromatic heterocycles. The first-order valence-electron chi connectivity index (χ1n) is 12.1. The van der Waals surface area contributed by atoms with Crippen LogP contribution in [0.3, 0.4) is 0 Å². The van der Waals surface area contributed by atoms with Crippen LogP contribution in [0.4, 0.5) is 0 Å². The van der Waals surface area contributed by atoms with E-state index in [-0.39, 0.29) is 23.1 Å². The van der Waals surface area contributed by atoms with E-state index in [1.165, 1.54) is 16.3 Å². The van der Waals surface area contributed by atoms with E-state index in [9.17, 15) is 14.4 Å². The largest absolute Gasteiger partial charge is 0.378 e. The molecule has 0 atom stereocenters. The van der Waals surface area contributed by atoms with Gasteiger partial charge in [-0.1, -0.05) is 53.7 Å². The van der Waals surface area contributed by atoms with Crippen molar-refractivity contribution in [2.24, 2.45) is 0 Å². The number of hydrogen-bond donors (Lipinski definition) is 1. The van der Waals surface area contributed by atoms with Crippen LogP contribution in [0, 0.1) is 0 Å². The summed E-state index contributed by atoms with van der Waals surface area (Å²) in [6.45, 7) is 2.45. The molecule has 3 aromatic carbocycles. The van der Waals surface area contributed by atoms with E-state index in [2.05, 4.69) is 10.3 Å². The highest BCUT2D eigenvalue weighted by Gasteiger charge is 2.20. The molecule has 0 saturated carbocycles. The summed E-state index contributed by atoms with van der Waals surface area (Å²) in [6, 6.07) is 21.3. The van der Waals surface area contributed by atoms with Gasteiger partial charge in [-0.15, -0.1) is 0 Å². The van der Waals surface area contributed by atoms with Gasteiger partial charge in [0.15, 0.2) is 5.16 Å². The molecule has 0 aliphatic carbocycles. The van der Waals surface area contributed by atoms with Crippen LogP contribution in [0.25, 0.3) is 16.6 Å². The predicted octanol–water partition coefficient (Wildman–Crippen LogP) is 3.92. The number of fused-ring (bicyclic) bond motifs is 1. The lowest BCUT2D eigenvalue weighted by atomic mass is 10.1. The van der Waals surface area contributed by atoms with Crippen molar-refractivity contribution in [1.82, 2.24) is 19.8 Å². The number of benzene rings is 3. The van der Waals surface area contributed by atoms with Crippen molar-refractivity contribution in [3.8, 4) is 5.69 Å². The van der Waals surface area contributed by atoms with Gasteiger partial charge in [0.2, 0.25) is 5.91 Å². The van der Waals surface area contributed by atoms with Crippen LogP contribution >= 0.6 is 23.4 Å². The van der Waals surface area contributed by atoms with Gasteiger partial charge in [0.25, 0.3) is 11.5 Å². The van der Waals surface area contributed by atoms with Crippen molar-refractivity contribution in [3.63, 3.8) is 0 Å². The van der Waals surface area contributed by atoms with Crippen LogP contribution in [0.1, 0.15) is 15.9 Å². The molecule has 38 heavy (non-hydrogen) atoms. The molecule has 8 nitrogen and oxygen atoms in total. The molecular weight excluding hydrogens is 524 g/mol. The van der Waals surface area contributed by atoms with Gasteiger partial charge in [0, 0.05) is 30.2 Å². The lowest BCUT2D eigenvalue weighted by Crippen LogP contribution is -2.40. The Morgan fingerprint density at radius 2 is 1.68 bits per heavy atom. The van der Waals surface area contributed by atoms with Gasteiger partial charge in [-0.2, -0.15) is 0 Å². The number of nitrogens with one attached hydrogen (secondary N) is 1. The SMILES string of the molecule is O=C(CSc1nc2ccccc2c(=O)n1-c1ccc(C(=O)N2CCOCC2)cc1)NCc1ccccc1Cl. The number of nitrogens with zero attached hydrogens (tertiary/aromatic N) is 3. The van der Waals surface area contributed by atoms with E-state index in [4.69, 9.17) is 16.3 Å². The molecule has 4 aromatic rings. The first-order chi connectivity index (χ1) is 18.5. The van der Waals surface area contributed by atoms with Gasteiger partial charge >= 0.3 is 0 Å². The number of ether oxygens (including phenoxy) is 1. The van der Waals surface area contributed by atoms with Crippen LogP contribution < -0.4 is 10.9 Å². The molecular formula is C28H25ClN4O4S. The van der Waals surface area contributed by atoms with Crippen molar-refractivity contribution in [1.29, 1.82) is 0 Å². The molecule has 0 bridgehead atoms. The van der Waals surface area contributed by atoms with Crippen LogP contribution in [-0.4, -0.2) is 58.3 Å². The van der Waals surface area contributed by atoms with Crippen molar-refractivity contribution in [2.45, 2.75) is 11.7 Å². The summed E-state index contributed by atoms with van der Waals surface area (Å²) in [5.74, 6) is -0.230. The van der Waals surface area contributed by atoms with Crippen molar-refractivity contribution >= 4 is 46.1 Å². The third kappa shape index (κ3) is 5.75. The van der Waals surface area contributed by atoms with E-state index in [1.807, 2.05) is 24.3 Å². The molecule has 2 heterocycles. The number of carbonyl (C=O) groups excluding carboxylic acids is 2. The Kier molecular flexibility index (Phi) is 8.07. The van der Waals surface area contributed by atoms with Crippen molar-refractivity contribution in [3.05, 3.63) is 99.3 Å². The van der Waals surface area contributed by atoms with Gasteiger partial charge in [-0.3, -0.25) is 19.0 Å². The third-order valence-electron chi connectivity index (χ3n) is 6.18. The molecule has 1 aliphatic heterocycles. The maximum atomic E-state index is 13.5. The van der Waals surface area contributed by atoms with Gasteiger partial charge in [-0.25, -0.2) is 4.98 Å². The van der Waals surface area contributed by atoms with Crippen LogP contribution in [0.5, 0.6) is 0 Å². The Hall–Kier alpha value is -3.66. The summed E-state index contributed by atoms with van der Waals surface area (Å²) in [6.07, 6.45) is 0. The summed E-state index contributed by atoms with van der Waals surface area (Å²) in [5, 5.41) is 4.30. The van der Waals surface area contributed by atoms with Gasteiger partial charge < -0.3 is 15.0 Å². The molecule has 5 rings (SSSR count). The predicted molar refractivity (Wildman–Crippen MR) is 148 cm³/mol. The topological polar surface area (TPSA) is 93.5 Å². The number of thioether (sulfide) groups is 1. The molecule has 10 heteroatoms. The molecule has 194 valence electrons. The fourth-order valence-electron chi connectivity index (χ4n) is 4.16. The van der Waals surface area contributed by atoms with E-state index < -0.39 is 0 Å². The summed E-state index contributed by atoms with van der Waals surface area (Å²) >= 11 is 7.35. The second-order valence-electron chi connectivity index (χ2n) is 8.66. The molecule has 0 spiro atoms. The fourth-order valence-corrected chi connectivity index (χ4v) is 5.20. The molecule has 1 aliphatic rings. The molecule has 1 N–H and O–H groups in total. The summed E-state index contributed by atoms with van der Waals surface area (Å²) in [5.41, 5.74) is 2.21. The Morgan fingerprint density at radius 1 is 0.974 bits per heavy atom. The highest BCUT2D eigenvalue weighted by atomic mass is 35.5. The van der Waals surface area contributed by atoms with E-state index in [0.29, 0.717) is 65.2 Å². The maximum absolute atomic E-state index is 13.5. The number of amides is 2. The van der Waals surface area contributed by atoms with Crippen molar-refractivity contribution in [2.75, 3.05) is 32.1 Å². The summed E-state index contributed by atoms with van der Waals surface area (Å²) in [7, 11) is 0. The van der Waals surface area contributed by atoms with Crippen LogP contribution in [0.15, 0.2) is 82.7 Å². The number of para-hydroxylation sites is 1. The molecule has 2 amide bonds. The number of hydrogen-bond acceptors (Lipinski definition) is 6. The number of morpholine rings is 1. The zero-order chi connectivity index (χ0) is 26.5. The highest BCUT2D eigenvalue weighted by molar-refractivity contribution is 7.99. The van der Waals surface area contributed by atoms with Gasteiger partial charge in [0.1, 0.15) is 0 Å². The minimum atomic E-state index is -0.248. The highest BCUT2D eigenvalue weighted by Crippen LogP contribution is 2.22. The van der Waals surface area contributed by atoms with E-state index in [0.717, 1.165) is 5.56 Å². The second-order valence-corrected chi connectivity index (χ2v) is 10.0. The summed E-state index contributed by atoms with van der Waals surface area (Å²) in [4.78, 5) is 45.4. The zero-order valence-electron chi connectivity index (χ0n) is 20.4. The molecule has 1 saturated heterocycles. The Bertz CT molecular complexity index is 1530. The third-order valence-corrected chi connectivity index (χ3v) is 7.49. The monoisotopic (exact) mass is 548 g/mol. The second kappa shape index (κ2) is 11.8. The van der Waals surface area contributed by atoms with Gasteiger partial charge in [0.05, 0.1) is 35.6 Å². The number of rotatable bonds is 7. The van der Waals surface area contributed by atoms with Crippen molar-refractivity contribution < 1.29 is 14.3 Å². The first-order valence-corrected chi connectivity index (χ1v) is 13.5. The molecule has 0 radical (unpaired) electrons. The first kappa shape index (κ1) is 26.0. The average Bonchev–Trinajstić information content (AvgIpc) is 2.96. The standard InChI is InChI=1S/C28H25ClN4O4S/c29-23-7-3-1-5-20(23)17-30-25(34)18-38-28-31-24-8-4-2-6-22(24)27(36)33(28)21-11-9-19(10-12-21)26(35)32-13-15-37-16-14-32/h1-12H,13-18H2,(H,30,34). The number of carbonyl (C=O) groups is 2. The number of halogens is 1. The van der Waals surface area contributed by atoms with Gasteiger partial charge in [-0.05, 0) is 48.0 Å². The minimum absolute atomic E-state index is 0.0584. The fraction of sp³-hybridized carbons (Fsp3) is 0.214. The van der Waals surface area contributed by atoms with Crippen LogP contribution in [0.2, 0.25) is 5.02 Å². The Morgan fingerprint density at radius 3 is 2.45 bits per heavy atom. The minimum Gasteiger partial charge on any atom is -0.378 e. The van der Waals surface area contributed by atoms with E-state index >= 15 is 0 Å². The molecule has 0 unspecified atom stereocenters. The lowest BCUT2D eigenvalue weighted by Gasteiger charge is -2.26. The quantitative estimate of drug-likeness (QED) is 0.278. The zero-order valence-corrected chi connectivity index (χ0v) is 22.0. The van der Waals surface area contributed by atoms with E-state index in [1.54, 1.807) is 53.4 Å². The normalized spacial score (nSPS) is 13.4. The lowest BCUT2D eigenvalue weighted by molar-refractivity contribution is -0.118. The molecule has 1 fully saturated rings. The smallest absolute Gasteiger partial charge is 0.266 e. The average molecular weight is 549 g/mol. The number of aromatic nitrogens is 2.